The van der Waals surface area contributed by atoms with Gasteiger partial charge < -0.3 is 19.9 Å². The third-order valence-corrected chi connectivity index (χ3v) is 4.51. The molecule has 0 amide bonds. The number of ether oxygens (including phenoxy) is 1. The average molecular weight is 306 g/mol. The molecule has 0 unspecified atom stereocenters. The Morgan fingerprint density at radius 2 is 2.32 bits per heavy atom. The van der Waals surface area contributed by atoms with E-state index in [2.05, 4.69) is 24.3 Å². The molecule has 0 aromatic carbocycles. The van der Waals surface area contributed by atoms with E-state index in [0.717, 1.165) is 36.9 Å². The predicted molar refractivity (Wildman–Crippen MR) is 82.7 cm³/mol. The van der Waals surface area contributed by atoms with Crippen molar-refractivity contribution >= 4 is 35.1 Å². The maximum absolute atomic E-state index is 11.5. The average Bonchev–Trinajstić information content (AvgIpc) is 2.42. The van der Waals surface area contributed by atoms with Crippen LogP contribution in [0.5, 0.6) is 0 Å². The number of methoxy groups -OCH3 is 1. The van der Waals surface area contributed by atoms with Crippen LogP contribution >= 0.6 is 24.0 Å². The molecule has 0 aromatic rings. The quantitative estimate of drug-likeness (QED) is 0.385. The fourth-order valence-corrected chi connectivity index (χ4v) is 3.25. The second-order valence-corrected chi connectivity index (χ2v) is 6.57. The van der Waals surface area contributed by atoms with Gasteiger partial charge in [-0.15, -0.1) is 11.8 Å². The van der Waals surface area contributed by atoms with Gasteiger partial charge in [-0.25, -0.2) is 0 Å². The normalized spacial score (nSPS) is 19.4. The smallest absolute Gasteiger partial charge is 0.320 e. The van der Waals surface area contributed by atoms with Gasteiger partial charge in [0.05, 0.1) is 27.7 Å². The Hall–Kier alpha value is -0.530. The molecule has 0 aromatic heterocycles. The zero-order valence-corrected chi connectivity index (χ0v) is 13.5. The van der Waals surface area contributed by atoms with Crippen LogP contribution in [0.1, 0.15) is 6.42 Å². The first-order valence-corrected chi connectivity index (χ1v) is 8.01. The molecule has 0 saturated carbocycles. The summed E-state index contributed by atoms with van der Waals surface area (Å²) in [6, 6.07) is 0. The minimum atomic E-state index is -0.159. The van der Waals surface area contributed by atoms with Crippen LogP contribution < -0.4 is 10.2 Å². The van der Waals surface area contributed by atoms with E-state index < -0.39 is 0 Å². The molecule has 0 spiro atoms. The molecule has 7 heteroatoms. The van der Waals surface area contributed by atoms with Crippen LogP contribution in [0.25, 0.3) is 0 Å². The standard InChI is InChI=1S/C12H23N3O2S2/c1-14(2)6-4-5-13-12(18)15-7-8-19-10(9-15)11(16)17-3/h10H,4-9H2,1-3H3,(H,13,18)/p+1/t10-/m0/s1. The predicted octanol–water partition coefficient (Wildman–Crippen LogP) is -1.01. The van der Waals surface area contributed by atoms with E-state index in [1.807, 2.05) is 0 Å². The lowest BCUT2D eigenvalue weighted by Gasteiger charge is -2.33. The number of nitrogens with zero attached hydrogens (tertiary/aromatic N) is 1. The molecule has 1 aliphatic rings. The van der Waals surface area contributed by atoms with Crippen LogP contribution in [0.15, 0.2) is 0 Å². The number of hydrogen-bond acceptors (Lipinski definition) is 4. The van der Waals surface area contributed by atoms with E-state index in [0.29, 0.717) is 6.54 Å². The van der Waals surface area contributed by atoms with Crippen molar-refractivity contribution in [3.05, 3.63) is 0 Å². The highest BCUT2D eigenvalue weighted by Gasteiger charge is 2.28. The molecule has 110 valence electrons. The highest BCUT2D eigenvalue weighted by molar-refractivity contribution is 8.00. The molecule has 1 atom stereocenters. The van der Waals surface area contributed by atoms with Crippen molar-refractivity contribution in [2.24, 2.45) is 0 Å². The molecular formula is C12H24N3O2S2+. The van der Waals surface area contributed by atoms with Crippen molar-refractivity contribution in [1.29, 1.82) is 0 Å². The molecular weight excluding hydrogens is 282 g/mol. The third-order valence-electron chi connectivity index (χ3n) is 2.95. The second kappa shape index (κ2) is 8.60. The van der Waals surface area contributed by atoms with Crippen molar-refractivity contribution in [2.75, 3.05) is 53.1 Å². The van der Waals surface area contributed by atoms with Crippen LogP contribution in [0, 0.1) is 0 Å². The van der Waals surface area contributed by atoms with Gasteiger partial charge in [0.15, 0.2) is 5.11 Å². The van der Waals surface area contributed by atoms with Crippen LogP contribution in [0.3, 0.4) is 0 Å². The lowest BCUT2D eigenvalue weighted by Crippen LogP contribution is -3.05. The van der Waals surface area contributed by atoms with Gasteiger partial charge in [0.1, 0.15) is 5.25 Å². The molecule has 0 radical (unpaired) electrons. The van der Waals surface area contributed by atoms with Crippen molar-refractivity contribution in [1.82, 2.24) is 10.2 Å². The number of carbonyl (C=O) groups excluding carboxylic acids is 1. The minimum Gasteiger partial charge on any atom is -0.468 e. The summed E-state index contributed by atoms with van der Waals surface area (Å²) in [5.74, 6) is 0.748. The summed E-state index contributed by atoms with van der Waals surface area (Å²) in [6.07, 6.45) is 1.09. The van der Waals surface area contributed by atoms with Gasteiger partial charge in [0.2, 0.25) is 0 Å². The number of quaternary nitrogens is 1. The van der Waals surface area contributed by atoms with Crippen molar-refractivity contribution in [3.8, 4) is 0 Å². The van der Waals surface area contributed by atoms with Crippen molar-refractivity contribution in [2.45, 2.75) is 11.7 Å². The molecule has 1 rings (SSSR count). The second-order valence-electron chi connectivity index (χ2n) is 4.87. The van der Waals surface area contributed by atoms with Crippen LogP contribution in [0.4, 0.5) is 0 Å². The van der Waals surface area contributed by atoms with Crippen molar-refractivity contribution in [3.63, 3.8) is 0 Å². The van der Waals surface area contributed by atoms with Gasteiger partial charge in [0, 0.05) is 31.8 Å². The van der Waals surface area contributed by atoms with Crippen LogP contribution in [0.2, 0.25) is 0 Å². The summed E-state index contributed by atoms with van der Waals surface area (Å²) in [5.41, 5.74) is 0. The van der Waals surface area contributed by atoms with E-state index in [1.165, 1.54) is 12.0 Å². The fourth-order valence-electron chi connectivity index (χ4n) is 1.86. The molecule has 0 aliphatic carbocycles. The van der Waals surface area contributed by atoms with E-state index in [9.17, 15) is 4.79 Å². The maximum Gasteiger partial charge on any atom is 0.320 e. The highest BCUT2D eigenvalue weighted by Crippen LogP contribution is 2.19. The van der Waals surface area contributed by atoms with E-state index in [-0.39, 0.29) is 11.2 Å². The van der Waals surface area contributed by atoms with Crippen molar-refractivity contribution < 1.29 is 14.4 Å². The summed E-state index contributed by atoms with van der Waals surface area (Å²) in [4.78, 5) is 15.0. The number of rotatable bonds is 5. The SMILES string of the molecule is COC(=O)[C@@H]1CN(C(=S)NCCC[NH+](C)C)CCS1. The largest absolute Gasteiger partial charge is 0.468 e. The molecule has 5 nitrogen and oxygen atoms in total. The van der Waals surface area contributed by atoms with Gasteiger partial charge in [-0.1, -0.05) is 0 Å². The zero-order valence-electron chi connectivity index (χ0n) is 11.9. The Balaban J connectivity index is 2.29. The molecule has 1 fully saturated rings. The van der Waals surface area contributed by atoms with Gasteiger partial charge in [-0.05, 0) is 12.2 Å². The van der Waals surface area contributed by atoms with E-state index >= 15 is 0 Å². The molecule has 0 bridgehead atoms. The Bertz CT molecular complexity index is 313. The molecule has 1 saturated heterocycles. The van der Waals surface area contributed by atoms with E-state index in [1.54, 1.807) is 11.8 Å². The first-order valence-electron chi connectivity index (χ1n) is 6.56. The molecule has 19 heavy (non-hydrogen) atoms. The summed E-state index contributed by atoms with van der Waals surface area (Å²) < 4.78 is 4.79. The van der Waals surface area contributed by atoms with Crippen LogP contribution in [-0.2, 0) is 9.53 Å². The monoisotopic (exact) mass is 306 g/mol. The molecule has 1 aliphatic heterocycles. The van der Waals surface area contributed by atoms with E-state index in [4.69, 9.17) is 17.0 Å². The Kier molecular flexibility index (Phi) is 7.48. The fraction of sp³-hybridized carbons (Fsp3) is 0.833. The zero-order chi connectivity index (χ0) is 14.3. The van der Waals surface area contributed by atoms with Gasteiger partial charge >= 0.3 is 5.97 Å². The first kappa shape index (κ1) is 16.5. The van der Waals surface area contributed by atoms with Gasteiger partial charge in [-0.3, -0.25) is 4.79 Å². The van der Waals surface area contributed by atoms with Crippen LogP contribution in [-0.4, -0.2) is 74.4 Å². The summed E-state index contributed by atoms with van der Waals surface area (Å²) in [5, 5.41) is 3.90. The van der Waals surface area contributed by atoms with Gasteiger partial charge in [-0.2, -0.15) is 0 Å². The lowest BCUT2D eigenvalue weighted by molar-refractivity contribution is -0.858. The van der Waals surface area contributed by atoms with Gasteiger partial charge in [0.25, 0.3) is 0 Å². The maximum atomic E-state index is 11.5. The lowest BCUT2D eigenvalue weighted by atomic mass is 10.3. The number of nitrogens with one attached hydrogen (secondary N) is 2. The topological polar surface area (TPSA) is 46.0 Å². The number of thiocarbonyl (C=S) groups is 1. The Morgan fingerprint density at radius 3 is 2.95 bits per heavy atom. The molecule has 1 heterocycles. The number of carbonyl (C=O) groups is 1. The number of hydrogen-bond donors (Lipinski definition) is 2. The minimum absolute atomic E-state index is 0.121. The number of esters is 1. The summed E-state index contributed by atoms with van der Waals surface area (Å²) in [6.45, 7) is 3.54. The summed E-state index contributed by atoms with van der Waals surface area (Å²) in [7, 11) is 5.71. The Morgan fingerprint density at radius 1 is 1.58 bits per heavy atom. The first-order chi connectivity index (χ1) is 9.04. The number of thioether (sulfide) groups is 1. The third kappa shape index (κ3) is 5.97. The summed E-state index contributed by atoms with van der Waals surface area (Å²) >= 11 is 7.02. The highest BCUT2D eigenvalue weighted by atomic mass is 32.2. The molecule has 2 N–H and O–H groups in total. The Labute approximate surface area is 125 Å².